The van der Waals surface area contributed by atoms with Crippen molar-refractivity contribution in [3.63, 3.8) is 0 Å². The highest BCUT2D eigenvalue weighted by molar-refractivity contribution is 7.73. The minimum Gasteiger partial charge on any atom is -0.376 e. The summed E-state index contributed by atoms with van der Waals surface area (Å²) in [5.41, 5.74) is 0. The van der Waals surface area contributed by atoms with Crippen molar-refractivity contribution in [1.29, 1.82) is 0 Å². The van der Waals surface area contributed by atoms with Crippen molar-refractivity contribution in [2.24, 2.45) is 0 Å². The minimum absolute atomic E-state index is 0.218. The van der Waals surface area contributed by atoms with Crippen LogP contribution in [-0.2, 0) is 9.47 Å². The topological polar surface area (TPSA) is 18.5 Å². The average molecular weight is 286 g/mol. The monoisotopic (exact) mass is 286 g/mol. The predicted molar refractivity (Wildman–Crippen MR) is 84.5 cm³/mol. The summed E-state index contributed by atoms with van der Waals surface area (Å²) < 4.78 is 11.4. The second kappa shape index (κ2) is 6.99. The summed E-state index contributed by atoms with van der Waals surface area (Å²) in [4.78, 5) is 0. The molecule has 1 fully saturated rings. The molecule has 3 rings (SSSR count). The molecular weight excluding hydrogens is 267 g/mol. The lowest BCUT2D eigenvalue weighted by atomic mass is 10.4. The molecule has 20 heavy (non-hydrogen) atoms. The normalized spacial score (nSPS) is 19.1. The molecule has 1 aliphatic rings. The molecule has 0 N–H and O–H groups in total. The Morgan fingerprint density at radius 2 is 1.45 bits per heavy atom. The summed E-state index contributed by atoms with van der Waals surface area (Å²) >= 11 is 0. The van der Waals surface area contributed by atoms with Gasteiger partial charge in [-0.2, -0.15) is 0 Å². The highest BCUT2D eigenvalue weighted by Crippen LogP contribution is 2.35. The van der Waals surface area contributed by atoms with Crippen LogP contribution in [0.5, 0.6) is 0 Å². The first-order valence-electron chi connectivity index (χ1n) is 7.00. The fourth-order valence-corrected chi connectivity index (χ4v) is 4.82. The van der Waals surface area contributed by atoms with Crippen LogP contribution in [-0.4, -0.2) is 32.1 Å². The van der Waals surface area contributed by atoms with E-state index in [0.29, 0.717) is 0 Å². The zero-order chi connectivity index (χ0) is 13.6. The maximum atomic E-state index is 5.84. The molecule has 2 aromatic carbocycles. The quantitative estimate of drug-likeness (QED) is 0.804. The summed E-state index contributed by atoms with van der Waals surface area (Å²) in [6.45, 7) is 2.17. The van der Waals surface area contributed by atoms with Gasteiger partial charge in [-0.15, -0.1) is 0 Å². The van der Waals surface area contributed by atoms with E-state index < -0.39 is 0 Å². The van der Waals surface area contributed by atoms with Crippen LogP contribution in [0.15, 0.2) is 60.7 Å². The molecule has 0 aliphatic carbocycles. The van der Waals surface area contributed by atoms with Gasteiger partial charge >= 0.3 is 0 Å². The largest absolute Gasteiger partial charge is 0.376 e. The number of ether oxygens (including phenoxy) is 2. The lowest BCUT2D eigenvalue weighted by Gasteiger charge is -2.28. The summed E-state index contributed by atoms with van der Waals surface area (Å²) in [5.74, 6) is 0. The van der Waals surface area contributed by atoms with Gasteiger partial charge in [0.25, 0.3) is 0 Å². The molecule has 0 bridgehead atoms. The van der Waals surface area contributed by atoms with E-state index in [1.165, 1.54) is 10.6 Å². The molecule has 0 amide bonds. The Morgan fingerprint density at radius 3 is 1.95 bits per heavy atom. The maximum absolute atomic E-state index is 5.84. The van der Waals surface area contributed by atoms with Crippen LogP contribution in [0.3, 0.4) is 0 Å². The van der Waals surface area contributed by atoms with Crippen molar-refractivity contribution in [2.75, 3.05) is 26.0 Å². The minimum atomic E-state index is -0.379. The van der Waals surface area contributed by atoms with E-state index in [0.717, 1.165) is 26.0 Å². The molecular formula is C17H19O2P. The number of hydrogen-bond donors (Lipinski definition) is 0. The lowest BCUT2D eigenvalue weighted by Crippen LogP contribution is -2.33. The van der Waals surface area contributed by atoms with E-state index in [2.05, 4.69) is 60.7 Å². The van der Waals surface area contributed by atoms with Crippen LogP contribution in [0.1, 0.15) is 0 Å². The number of benzene rings is 2. The first-order chi connectivity index (χ1) is 9.93. The van der Waals surface area contributed by atoms with E-state index in [-0.39, 0.29) is 14.0 Å². The Morgan fingerprint density at radius 1 is 0.850 bits per heavy atom. The highest BCUT2D eigenvalue weighted by atomic mass is 31.1. The van der Waals surface area contributed by atoms with Gasteiger partial charge in [0.1, 0.15) is 0 Å². The van der Waals surface area contributed by atoms with Crippen molar-refractivity contribution in [3.8, 4) is 0 Å². The molecule has 3 heteroatoms. The molecule has 1 atom stereocenters. The Bertz CT molecular complexity index is 470. The third kappa shape index (κ3) is 3.46. The predicted octanol–water partition coefficient (Wildman–Crippen LogP) is 2.53. The van der Waals surface area contributed by atoms with Gasteiger partial charge in [-0.25, -0.2) is 0 Å². The maximum Gasteiger partial charge on any atom is 0.0854 e. The molecule has 1 unspecified atom stereocenters. The molecule has 1 saturated heterocycles. The standard InChI is InChI=1S/C17H19O2P/c1-3-7-16(8-4-1)20(17-9-5-2-6-10-17)14-15-13-18-11-12-19-15/h1-10,15H,11-14H2. The Hall–Kier alpha value is -1.21. The Labute approximate surface area is 121 Å². The van der Waals surface area contributed by atoms with Crippen molar-refractivity contribution in [3.05, 3.63) is 60.7 Å². The fourth-order valence-electron chi connectivity index (χ4n) is 2.42. The number of hydrogen-bond acceptors (Lipinski definition) is 2. The van der Waals surface area contributed by atoms with Gasteiger partial charge < -0.3 is 9.47 Å². The van der Waals surface area contributed by atoms with Crippen LogP contribution < -0.4 is 10.6 Å². The zero-order valence-electron chi connectivity index (χ0n) is 11.4. The van der Waals surface area contributed by atoms with E-state index >= 15 is 0 Å². The average Bonchev–Trinajstić information content (AvgIpc) is 2.55. The van der Waals surface area contributed by atoms with Crippen LogP contribution >= 0.6 is 7.92 Å². The highest BCUT2D eigenvalue weighted by Gasteiger charge is 2.22. The van der Waals surface area contributed by atoms with Gasteiger partial charge in [0.05, 0.1) is 25.9 Å². The second-order valence-electron chi connectivity index (χ2n) is 4.85. The molecule has 104 valence electrons. The van der Waals surface area contributed by atoms with Gasteiger partial charge in [0.15, 0.2) is 0 Å². The summed E-state index contributed by atoms with van der Waals surface area (Å²) in [5, 5.41) is 2.81. The first-order valence-corrected chi connectivity index (χ1v) is 8.53. The zero-order valence-corrected chi connectivity index (χ0v) is 12.3. The van der Waals surface area contributed by atoms with Crippen LogP contribution in [0.2, 0.25) is 0 Å². The lowest BCUT2D eigenvalue weighted by molar-refractivity contribution is -0.0779. The molecule has 0 radical (unpaired) electrons. The van der Waals surface area contributed by atoms with Crippen molar-refractivity contribution < 1.29 is 9.47 Å². The fraction of sp³-hybridized carbons (Fsp3) is 0.294. The molecule has 0 saturated carbocycles. The molecule has 2 aromatic rings. The first kappa shape index (κ1) is 13.8. The Kier molecular flexibility index (Phi) is 4.81. The van der Waals surface area contributed by atoms with Crippen LogP contribution in [0.25, 0.3) is 0 Å². The molecule has 2 nitrogen and oxygen atoms in total. The third-order valence-corrected chi connectivity index (χ3v) is 6.02. The van der Waals surface area contributed by atoms with Gasteiger partial charge in [0, 0.05) is 6.16 Å². The summed E-state index contributed by atoms with van der Waals surface area (Å²) in [7, 11) is -0.379. The van der Waals surface area contributed by atoms with Gasteiger partial charge in [-0.3, -0.25) is 0 Å². The SMILES string of the molecule is c1ccc(P(CC2COCCO2)c2ccccc2)cc1. The molecule has 1 heterocycles. The van der Waals surface area contributed by atoms with Crippen LogP contribution in [0, 0.1) is 0 Å². The molecule has 0 aromatic heterocycles. The smallest absolute Gasteiger partial charge is 0.0854 e. The second-order valence-corrected chi connectivity index (χ2v) is 7.10. The molecule has 0 spiro atoms. The van der Waals surface area contributed by atoms with E-state index in [4.69, 9.17) is 9.47 Å². The van der Waals surface area contributed by atoms with Crippen LogP contribution in [0.4, 0.5) is 0 Å². The number of rotatable bonds is 4. The van der Waals surface area contributed by atoms with Gasteiger partial charge in [-0.05, 0) is 18.5 Å². The van der Waals surface area contributed by atoms with Crippen molar-refractivity contribution >= 4 is 18.5 Å². The van der Waals surface area contributed by atoms with E-state index in [1.54, 1.807) is 0 Å². The van der Waals surface area contributed by atoms with Gasteiger partial charge in [0.2, 0.25) is 0 Å². The van der Waals surface area contributed by atoms with Gasteiger partial charge in [-0.1, -0.05) is 60.7 Å². The third-order valence-electron chi connectivity index (χ3n) is 3.41. The van der Waals surface area contributed by atoms with Crippen molar-refractivity contribution in [2.45, 2.75) is 6.10 Å². The summed E-state index contributed by atoms with van der Waals surface area (Å²) in [6, 6.07) is 21.5. The van der Waals surface area contributed by atoms with Crippen molar-refractivity contribution in [1.82, 2.24) is 0 Å². The summed E-state index contributed by atoms with van der Waals surface area (Å²) in [6.07, 6.45) is 1.25. The van der Waals surface area contributed by atoms with E-state index in [9.17, 15) is 0 Å². The van der Waals surface area contributed by atoms with E-state index in [1.807, 2.05) is 0 Å². The Balaban J connectivity index is 1.83. The molecule has 1 aliphatic heterocycles.